The molecule has 1 amide bonds. The van der Waals surface area contributed by atoms with Gasteiger partial charge in [-0.05, 0) is 18.6 Å². The maximum atomic E-state index is 11.6. The molecule has 2 aromatic rings. The standard InChI is InChI=1S/C14H19N3OS/c1-3-8-15-13(18)9-17(2)10-14-16-11-6-4-5-7-12(11)19-14/h4-7H,3,8-10H2,1-2H3,(H,15,18)/p+1. The lowest BCUT2D eigenvalue weighted by atomic mass is 10.3. The summed E-state index contributed by atoms with van der Waals surface area (Å²) in [5, 5.41) is 3.98. The Morgan fingerprint density at radius 3 is 2.95 bits per heavy atom. The number of nitrogens with zero attached hydrogens (tertiary/aromatic N) is 1. The van der Waals surface area contributed by atoms with Gasteiger partial charge < -0.3 is 10.2 Å². The minimum absolute atomic E-state index is 0.112. The minimum atomic E-state index is 0.112. The largest absolute Gasteiger partial charge is 0.351 e. The summed E-state index contributed by atoms with van der Waals surface area (Å²) >= 11 is 1.71. The number of quaternary nitrogens is 1. The number of rotatable bonds is 6. The SMILES string of the molecule is CCCNC(=O)C[NH+](C)Cc1nc2ccccc2s1. The number of aromatic nitrogens is 1. The number of carbonyl (C=O) groups is 1. The van der Waals surface area contributed by atoms with Crippen LogP contribution in [0.3, 0.4) is 0 Å². The second-order valence-electron chi connectivity index (χ2n) is 4.74. The normalized spacial score (nSPS) is 12.5. The first-order chi connectivity index (χ1) is 9.19. The molecule has 1 aromatic heterocycles. The van der Waals surface area contributed by atoms with E-state index in [2.05, 4.69) is 23.3 Å². The Morgan fingerprint density at radius 2 is 2.21 bits per heavy atom. The van der Waals surface area contributed by atoms with Gasteiger partial charge in [-0.2, -0.15) is 0 Å². The number of hydrogen-bond acceptors (Lipinski definition) is 3. The quantitative estimate of drug-likeness (QED) is 0.822. The summed E-state index contributed by atoms with van der Waals surface area (Å²) < 4.78 is 1.21. The Labute approximate surface area is 117 Å². The summed E-state index contributed by atoms with van der Waals surface area (Å²) in [6.07, 6.45) is 0.975. The molecule has 1 aromatic carbocycles. The van der Waals surface area contributed by atoms with Crippen LogP contribution >= 0.6 is 11.3 Å². The van der Waals surface area contributed by atoms with Gasteiger partial charge in [0.1, 0.15) is 11.6 Å². The number of nitrogens with one attached hydrogen (secondary N) is 2. The highest BCUT2D eigenvalue weighted by Gasteiger charge is 2.12. The third kappa shape index (κ3) is 4.01. The molecule has 1 unspecified atom stereocenters. The Kier molecular flexibility index (Phi) is 4.87. The highest BCUT2D eigenvalue weighted by atomic mass is 32.1. The van der Waals surface area contributed by atoms with Gasteiger partial charge in [0.2, 0.25) is 0 Å². The Balaban J connectivity index is 1.91. The van der Waals surface area contributed by atoms with E-state index in [1.165, 1.54) is 4.70 Å². The van der Waals surface area contributed by atoms with Crippen LogP contribution in [0.25, 0.3) is 10.2 Å². The van der Waals surface area contributed by atoms with Crippen molar-refractivity contribution in [3.63, 3.8) is 0 Å². The van der Waals surface area contributed by atoms with Crippen LogP contribution in [0, 0.1) is 0 Å². The molecule has 0 aliphatic heterocycles. The van der Waals surface area contributed by atoms with Crippen LogP contribution in [0.2, 0.25) is 0 Å². The molecule has 2 rings (SSSR count). The van der Waals surface area contributed by atoms with Crippen LogP contribution in [0.15, 0.2) is 24.3 Å². The van der Waals surface area contributed by atoms with Crippen molar-refractivity contribution in [3.05, 3.63) is 29.3 Å². The Bertz CT molecular complexity index is 519. The van der Waals surface area contributed by atoms with Crippen molar-refractivity contribution in [2.45, 2.75) is 19.9 Å². The topological polar surface area (TPSA) is 46.4 Å². The van der Waals surface area contributed by atoms with Crippen molar-refractivity contribution in [3.8, 4) is 0 Å². The van der Waals surface area contributed by atoms with Crippen LogP contribution in [0.4, 0.5) is 0 Å². The predicted octanol–water partition coefficient (Wildman–Crippen LogP) is 0.837. The van der Waals surface area contributed by atoms with Gasteiger partial charge >= 0.3 is 0 Å². The minimum Gasteiger partial charge on any atom is -0.351 e. The van der Waals surface area contributed by atoms with Crippen molar-refractivity contribution in [1.82, 2.24) is 10.3 Å². The molecule has 0 saturated carbocycles. The number of hydrogen-bond donors (Lipinski definition) is 2. The zero-order chi connectivity index (χ0) is 13.7. The molecule has 2 N–H and O–H groups in total. The van der Waals surface area contributed by atoms with Crippen molar-refractivity contribution in [2.24, 2.45) is 0 Å². The molecule has 0 bridgehead atoms. The number of benzene rings is 1. The second-order valence-corrected chi connectivity index (χ2v) is 5.85. The van der Waals surface area contributed by atoms with Crippen LogP contribution in [-0.4, -0.2) is 31.0 Å². The molecule has 0 aliphatic rings. The molecular weight excluding hydrogens is 258 g/mol. The predicted molar refractivity (Wildman–Crippen MR) is 78.4 cm³/mol. The molecule has 1 heterocycles. The van der Waals surface area contributed by atoms with Crippen molar-refractivity contribution >= 4 is 27.5 Å². The van der Waals surface area contributed by atoms with E-state index in [1.54, 1.807) is 11.3 Å². The van der Waals surface area contributed by atoms with E-state index in [-0.39, 0.29) is 5.91 Å². The maximum Gasteiger partial charge on any atom is 0.275 e. The molecule has 5 heteroatoms. The Morgan fingerprint density at radius 1 is 1.42 bits per heavy atom. The van der Waals surface area contributed by atoms with Crippen molar-refractivity contribution < 1.29 is 9.69 Å². The van der Waals surface area contributed by atoms with Gasteiger partial charge in [0, 0.05) is 6.54 Å². The second kappa shape index (κ2) is 6.63. The summed E-state index contributed by atoms with van der Waals surface area (Å²) in [5.41, 5.74) is 1.05. The molecule has 0 radical (unpaired) electrons. The van der Waals surface area contributed by atoms with E-state index in [0.717, 1.165) is 34.9 Å². The lowest BCUT2D eigenvalue weighted by Crippen LogP contribution is -3.08. The van der Waals surface area contributed by atoms with Crippen molar-refractivity contribution in [2.75, 3.05) is 20.1 Å². The van der Waals surface area contributed by atoms with Crippen LogP contribution < -0.4 is 10.2 Å². The van der Waals surface area contributed by atoms with Crippen molar-refractivity contribution in [1.29, 1.82) is 0 Å². The van der Waals surface area contributed by atoms with E-state index in [4.69, 9.17) is 0 Å². The van der Waals surface area contributed by atoms with Gasteiger partial charge in [0.15, 0.2) is 6.54 Å². The molecule has 0 spiro atoms. The van der Waals surface area contributed by atoms with Crippen LogP contribution in [-0.2, 0) is 11.3 Å². The first kappa shape index (κ1) is 14.0. The number of thiazole rings is 1. The van der Waals surface area contributed by atoms with Gasteiger partial charge in [-0.25, -0.2) is 4.98 Å². The lowest BCUT2D eigenvalue weighted by Gasteiger charge is -2.11. The van der Waals surface area contributed by atoms with Crippen LogP contribution in [0.1, 0.15) is 18.4 Å². The first-order valence-electron chi connectivity index (χ1n) is 6.61. The highest BCUT2D eigenvalue weighted by Crippen LogP contribution is 2.20. The Hall–Kier alpha value is -1.46. The summed E-state index contributed by atoms with van der Waals surface area (Å²) in [5.74, 6) is 0.112. The zero-order valence-electron chi connectivity index (χ0n) is 11.4. The first-order valence-corrected chi connectivity index (χ1v) is 7.43. The van der Waals surface area contributed by atoms with E-state index < -0.39 is 0 Å². The fourth-order valence-corrected chi connectivity index (χ4v) is 3.00. The summed E-state index contributed by atoms with van der Waals surface area (Å²) in [4.78, 5) is 17.4. The van der Waals surface area contributed by atoms with E-state index in [1.807, 2.05) is 25.2 Å². The average Bonchev–Trinajstić information content (AvgIpc) is 2.78. The van der Waals surface area contributed by atoms with Gasteiger partial charge in [-0.1, -0.05) is 19.1 Å². The van der Waals surface area contributed by atoms with E-state index >= 15 is 0 Å². The van der Waals surface area contributed by atoms with Gasteiger partial charge in [-0.15, -0.1) is 11.3 Å². The van der Waals surface area contributed by atoms with Gasteiger partial charge in [0.25, 0.3) is 5.91 Å². The lowest BCUT2D eigenvalue weighted by molar-refractivity contribution is -0.885. The maximum absolute atomic E-state index is 11.6. The fraction of sp³-hybridized carbons (Fsp3) is 0.429. The molecule has 102 valence electrons. The molecular formula is C14H20N3OS+. The molecule has 0 fully saturated rings. The van der Waals surface area contributed by atoms with Crippen LogP contribution in [0.5, 0.6) is 0 Å². The van der Waals surface area contributed by atoms with E-state index in [0.29, 0.717) is 6.54 Å². The zero-order valence-corrected chi connectivity index (χ0v) is 12.2. The molecule has 0 aliphatic carbocycles. The molecule has 1 atom stereocenters. The monoisotopic (exact) mass is 278 g/mol. The van der Waals surface area contributed by atoms with Gasteiger partial charge in [0.05, 0.1) is 17.3 Å². The average molecular weight is 278 g/mol. The number of carbonyl (C=O) groups excluding carboxylic acids is 1. The summed E-state index contributed by atoms with van der Waals surface area (Å²) in [6, 6.07) is 8.14. The number of fused-ring (bicyclic) bond motifs is 1. The van der Waals surface area contributed by atoms with E-state index in [9.17, 15) is 4.79 Å². The molecule has 4 nitrogen and oxygen atoms in total. The number of amides is 1. The summed E-state index contributed by atoms with van der Waals surface area (Å²) in [7, 11) is 2.03. The highest BCUT2D eigenvalue weighted by molar-refractivity contribution is 7.18. The molecule has 0 saturated heterocycles. The summed E-state index contributed by atoms with van der Waals surface area (Å²) in [6.45, 7) is 4.10. The van der Waals surface area contributed by atoms with Gasteiger partial charge in [-0.3, -0.25) is 4.79 Å². The number of para-hydroxylation sites is 1. The number of likely N-dealkylation sites (N-methyl/N-ethyl adjacent to an activating group) is 1. The third-order valence-electron chi connectivity index (χ3n) is 2.83. The third-order valence-corrected chi connectivity index (χ3v) is 3.86. The smallest absolute Gasteiger partial charge is 0.275 e. The molecule has 19 heavy (non-hydrogen) atoms. The fourth-order valence-electron chi connectivity index (χ4n) is 1.92.